The van der Waals surface area contributed by atoms with Gasteiger partial charge in [-0.15, -0.1) is 23.8 Å². The van der Waals surface area contributed by atoms with E-state index in [4.69, 9.17) is 0 Å². The fraction of sp³-hybridized carbons (Fsp3) is 0.241. The lowest BCUT2D eigenvalue weighted by atomic mass is 9.80. The van der Waals surface area contributed by atoms with E-state index in [0.29, 0.717) is 17.8 Å². The van der Waals surface area contributed by atoms with Gasteiger partial charge in [0, 0.05) is 10.4 Å². The molecule has 2 aromatic carbocycles. The summed E-state index contributed by atoms with van der Waals surface area (Å²) < 4.78 is 0. The third-order valence-electron chi connectivity index (χ3n) is 5.74. The first-order valence-corrected chi connectivity index (χ1v) is 11.5. The van der Waals surface area contributed by atoms with Crippen LogP contribution in [0.25, 0.3) is 17.2 Å². The van der Waals surface area contributed by atoms with Gasteiger partial charge in [0.25, 0.3) is 0 Å². The van der Waals surface area contributed by atoms with E-state index < -0.39 is 0 Å². The van der Waals surface area contributed by atoms with Crippen molar-refractivity contribution >= 4 is 17.4 Å². The van der Waals surface area contributed by atoms with Gasteiger partial charge in [0.2, 0.25) is 0 Å². The van der Waals surface area contributed by atoms with E-state index in [0.717, 1.165) is 12.0 Å². The monoisotopic (exact) mass is 410 g/mol. The summed E-state index contributed by atoms with van der Waals surface area (Å²) in [4.78, 5) is 1.43. The van der Waals surface area contributed by atoms with Gasteiger partial charge in [-0.3, -0.25) is 0 Å². The van der Waals surface area contributed by atoms with Gasteiger partial charge in [-0.05, 0) is 71.4 Å². The highest BCUT2D eigenvalue weighted by Crippen LogP contribution is 2.38. The van der Waals surface area contributed by atoms with E-state index >= 15 is 0 Å². The second-order valence-electron chi connectivity index (χ2n) is 7.79. The Balaban J connectivity index is 1.78. The van der Waals surface area contributed by atoms with Crippen molar-refractivity contribution in [3.8, 4) is 23.0 Å². The Morgan fingerprint density at radius 1 is 1.00 bits per heavy atom. The van der Waals surface area contributed by atoms with Gasteiger partial charge in [-0.25, -0.2) is 0 Å². The summed E-state index contributed by atoms with van der Waals surface area (Å²) >= 11 is 1.86. The van der Waals surface area contributed by atoms with Crippen LogP contribution in [0.3, 0.4) is 0 Å². The Hall–Kier alpha value is -2.82. The zero-order valence-electron chi connectivity index (χ0n) is 18.1. The van der Waals surface area contributed by atoms with Crippen LogP contribution in [-0.2, 0) is 0 Å². The Morgan fingerprint density at radius 3 is 2.53 bits per heavy atom. The van der Waals surface area contributed by atoms with E-state index in [1.807, 2.05) is 18.3 Å². The molecular formula is C29H30S. The minimum atomic E-state index is 0.453. The second kappa shape index (κ2) is 10.8. The number of thiophene rings is 1. The Bertz CT molecular complexity index is 1040. The first-order chi connectivity index (χ1) is 14.6. The molecule has 0 spiro atoms. The summed E-state index contributed by atoms with van der Waals surface area (Å²) in [5.74, 6) is 7.59. The molecule has 152 valence electrons. The van der Waals surface area contributed by atoms with E-state index in [1.54, 1.807) is 0 Å². The summed E-state index contributed by atoms with van der Waals surface area (Å²) in [5.41, 5.74) is 4.84. The minimum absolute atomic E-state index is 0.453. The van der Waals surface area contributed by atoms with Crippen LogP contribution in [0, 0.1) is 23.7 Å². The SMILES string of the molecule is C=CC(C)C(C/C=C/c1ccccc1)C(C)c1cc(-c2cccc(C#CC)c2)cs1. The average molecular weight is 411 g/mol. The van der Waals surface area contributed by atoms with Crippen molar-refractivity contribution in [3.63, 3.8) is 0 Å². The maximum Gasteiger partial charge on any atom is 0.0251 e. The molecule has 1 heteroatoms. The van der Waals surface area contributed by atoms with Crippen LogP contribution in [0.4, 0.5) is 0 Å². The minimum Gasteiger partial charge on any atom is -0.148 e. The van der Waals surface area contributed by atoms with Crippen LogP contribution in [0.5, 0.6) is 0 Å². The van der Waals surface area contributed by atoms with E-state index in [9.17, 15) is 0 Å². The maximum absolute atomic E-state index is 4.07. The molecule has 0 nitrogen and oxygen atoms in total. The highest BCUT2D eigenvalue weighted by Gasteiger charge is 2.23. The van der Waals surface area contributed by atoms with E-state index in [-0.39, 0.29) is 0 Å². The average Bonchev–Trinajstić information content (AvgIpc) is 3.27. The van der Waals surface area contributed by atoms with Crippen molar-refractivity contribution in [1.29, 1.82) is 0 Å². The van der Waals surface area contributed by atoms with Crippen LogP contribution in [-0.4, -0.2) is 0 Å². The fourth-order valence-electron chi connectivity index (χ4n) is 3.85. The highest BCUT2D eigenvalue weighted by molar-refractivity contribution is 7.10. The van der Waals surface area contributed by atoms with Gasteiger partial charge in [0.05, 0.1) is 0 Å². The molecule has 0 radical (unpaired) electrons. The normalized spacial score (nSPS) is 14.0. The van der Waals surface area contributed by atoms with Crippen LogP contribution in [0.2, 0.25) is 0 Å². The zero-order valence-corrected chi connectivity index (χ0v) is 19.0. The number of allylic oxidation sites excluding steroid dienone is 2. The molecule has 3 unspecified atom stereocenters. The van der Waals surface area contributed by atoms with Crippen molar-refractivity contribution in [3.05, 3.63) is 101 Å². The fourth-order valence-corrected chi connectivity index (χ4v) is 4.90. The van der Waals surface area contributed by atoms with Crippen LogP contribution in [0.1, 0.15) is 49.1 Å². The Labute approximate surface area is 186 Å². The van der Waals surface area contributed by atoms with Gasteiger partial charge in [-0.1, -0.05) is 80.5 Å². The van der Waals surface area contributed by atoms with Crippen LogP contribution >= 0.6 is 11.3 Å². The quantitative estimate of drug-likeness (QED) is 0.258. The molecule has 0 aliphatic rings. The van der Waals surface area contributed by atoms with Crippen molar-refractivity contribution in [2.45, 2.75) is 33.1 Å². The lowest BCUT2D eigenvalue weighted by Gasteiger charge is -2.26. The molecular weight excluding hydrogens is 380 g/mol. The van der Waals surface area contributed by atoms with Crippen molar-refractivity contribution in [2.75, 3.05) is 0 Å². The van der Waals surface area contributed by atoms with Crippen molar-refractivity contribution in [1.82, 2.24) is 0 Å². The number of hydrogen-bond acceptors (Lipinski definition) is 1. The highest BCUT2D eigenvalue weighted by atomic mass is 32.1. The molecule has 0 fully saturated rings. The predicted molar refractivity (Wildman–Crippen MR) is 134 cm³/mol. The molecule has 0 aliphatic carbocycles. The summed E-state index contributed by atoms with van der Waals surface area (Å²) in [6.07, 6.45) is 7.69. The van der Waals surface area contributed by atoms with Gasteiger partial charge >= 0.3 is 0 Å². The lowest BCUT2D eigenvalue weighted by Crippen LogP contribution is -2.15. The Kier molecular flexibility index (Phi) is 7.89. The summed E-state index contributed by atoms with van der Waals surface area (Å²) in [7, 11) is 0. The first kappa shape index (κ1) is 21.9. The Morgan fingerprint density at radius 2 is 1.80 bits per heavy atom. The molecule has 3 atom stereocenters. The van der Waals surface area contributed by atoms with Crippen molar-refractivity contribution < 1.29 is 0 Å². The maximum atomic E-state index is 4.07. The van der Waals surface area contributed by atoms with Crippen LogP contribution in [0.15, 0.2) is 84.8 Å². The smallest absolute Gasteiger partial charge is 0.0251 e. The molecule has 0 aliphatic heterocycles. The first-order valence-electron chi connectivity index (χ1n) is 10.6. The molecule has 3 rings (SSSR count). The van der Waals surface area contributed by atoms with Gasteiger partial charge in [0.1, 0.15) is 0 Å². The topological polar surface area (TPSA) is 0 Å². The molecule has 0 N–H and O–H groups in total. The molecule has 30 heavy (non-hydrogen) atoms. The van der Waals surface area contributed by atoms with Crippen LogP contribution < -0.4 is 0 Å². The standard InChI is InChI=1S/C29H30S/c1-5-12-25-16-10-17-26(19-25)27-20-29(30-21-27)23(4)28(22(3)6-2)18-11-15-24-13-8-7-9-14-24/h6-11,13-17,19-23,28H,2,18H2,1,3-4H3/b15-11+. The zero-order chi connectivity index (χ0) is 21.3. The second-order valence-corrected chi connectivity index (χ2v) is 8.73. The molecule has 0 saturated heterocycles. The summed E-state index contributed by atoms with van der Waals surface area (Å²) in [6, 6.07) is 21.4. The molecule has 0 saturated carbocycles. The largest absolute Gasteiger partial charge is 0.148 e. The number of hydrogen-bond donors (Lipinski definition) is 0. The van der Waals surface area contributed by atoms with Crippen molar-refractivity contribution in [2.24, 2.45) is 11.8 Å². The summed E-state index contributed by atoms with van der Waals surface area (Å²) in [5, 5.41) is 2.28. The van der Waals surface area contributed by atoms with E-state index in [1.165, 1.54) is 21.6 Å². The number of benzene rings is 2. The predicted octanol–water partition coefficient (Wildman–Crippen LogP) is 8.43. The molecule has 1 heterocycles. The third-order valence-corrected chi connectivity index (χ3v) is 6.87. The molecule has 3 aromatic rings. The lowest BCUT2D eigenvalue weighted by molar-refractivity contribution is 0.368. The van der Waals surface area contributed by atoms with Gasteiger partial charge in [-0.2, -0.15) is 0 Å². The third kappa shape index (κ3) is 5.62. The molecule has 0 amide bonds. The number of rotatable bonds is 8. The molecule has 0 bridgehead atoms. The van der Waals surface area contributed by atoms with E-state index in [2.05, 4.69) is 117 Å². The van der Waals surface area contributed by atoms with Gasteiger partial charge in [0.15, 0.2) is 0 Å². The molecule has 1 aromatic heterocycles. The summed E-state index contributed by atoms with van der Waals surface area (Å²) in [6.45, 7) is 10.6. The van der Waals surface area contributed by atoms with Gasteiger partial charge < -0.3 is 0 Å².